The number of nitrogens with one attached hydrogen (secondary N) is 2. The van der Waals surface area contributed by atoms with Crippen molar-refractivity contribution in [2.24, 2.45) is 0 Å². The number of hydrogen-bond donors (Lipinski definition) is 2. The lowest BCUT2D eigenvalue weighted by atomic mass is 10.0. The molecule has 0 spiro atoms. The number of alkyl halides is 3. The minimum absolute atomic E-state index is 0.0456. The third-order valence-electron chi connectivity index (χ3n) is 4.69. The van der Waals surface area contributed by atoms with Crippen LogP contribution < -0.4 is 16.0 Å². The van der Waals surface area contributed by atoms with E-state index < -0.39 is 73.8 Å². The molecule has 35 heavy (non-hydrogen) atoms. The van der Waals surface area contributed by atoms with Crippen LogP contribution in [0, 0.1) is 0 Å². The number of carbonyl (C=O) groups is 2. The highest BCUT2D eigenvalue weighted by Gasteiger charge is 2.35. The smallest absolute Gasteiger partial charge is 0.417 e. The van der Waals surface area contributed by atoms with Crippen LogP contribution in [0.1, 0.15) is 19.4 Å². The van der Waals surface area contributed by atoms with Gasteiger partial charge in [0.1, 0.15) is 0 Å². The van der Waals surface area contributed by atoms with Gasteiger partial charge in [-0.3, -0.25) is 19.1 Å². The zero-order valence-electron chi connectivity index (χ0n) is 18.2. The summed E-state index contributed by atoms with van der Waals surface area (Å²) in [5.41, 5.74) is -4.50. The maximum Gasteiger partial charge on any atom is 0.417 e. The molecule has 1 aromatic carbocycles. The van der Waals surface area contributed by atoms with Gasteiger partial charge in [0.2, 0.25) is 0 Å². The number of sulfonamides is 1. The lowest BCUT2D eigenvalue weighted by Crippen LogP contribution is -2.42. The van der Waals surface area contributed by atoms with Crippen molar-refractivity contribution in [3.63, 3.8) is 0 Å². The Hall–Kier alpha value is -3.95. The number of benzene rings is 1. The number of H-pyrrole nitrogens is 1. The Morgan fingerprint density at radius 3 is 2.51 bits per heavy atom. The number of aromatic amines is 1. The van der Waals surface area contributed by atoms with Crippen LogP contribution in [0.15, 0.2) is 34.0 Å². The Morgan fingerprint density at radius 1 is 1.23 bits per heavy atom. The maximum atomic E-state index is 13.8. The second-order valence-corrected chi connectivity index (χ2v) is 8.88. The number of hydrogen-bond acceptors (Lipinski definition) is 8. The van der Waals surface area contributed by atoms with Gasteiger partial charge in [0.25, 0.3) is 21.5 Å². The number of carbonyl (C=O) groups excluding carboxylic acids is 2. The van der Waals surface area contributed by atoms with Gasteiger partial charge >= 0.3 is 17.8 Å². The average molecular weight is 517 g/mol. The second kappa shape index (κ2) is 9.36. The lowest BCUT2D eigenvalue weighted by molar-refractivity contribution is -0.145. The zero-order valence-corrected chi connectivity index (χ0v) is 19.0. The third-order valence-corrected chi connectivity index (χ3v) is 5.83. The van der Waals surface area contributed by atoms with E-state index >= 15 is 0 Å². The molecule has 1 amide bonds. The Kier molecular flexibility index (Phi) is 6.86. The van der Waals surface area contributed by atoms with Gasteiger partial charge in [-0.1, -0.05) is 0 Å². The SMILES string of the molecule is CCn1nccc1-c1cc2c(=O)n(CS(=O)(=O)NC(=O)COC(C)=O)c(=O)[nH]c2cc1C(F)(F)F. The molecule has 188 valence electrons. The molecule has 0 saturated heterocycles. The van der Waals surface area contributed by atoms with E-state index in [2.05, 4.69) is 14.8 Å². The highest BCUT2D eigenvalue weighted by Crippen LogP contribution is 2.38. The molecule has 0 aliphatic heterocycles. The molecule has 0 radical (unpaired) electrons. The van der Waals surface area contributed by atoms with Crippen molar-refractivity contribution >= 4 is 32.8 Å². The molecular weight excluding hydrogens is 499 g/mol. The highest BCUT2D eigenvalue weighted by atomic mass is 32.2. The topological polar surface area (TPSA) is 162 Å². The molecule has 0 atom stereocenters. The number of aromatic nitrogens is 4. The molecule has 16 heteroatoms. The molecule has 0 saturated carbocycles. The van der Waals surface area contributed by atoms with E-state index in [-0.39, 0.29) is 16.8 Å². The monoisotopic (exact) mass is 517 g/mol. The first kappa shape index (κ1) is 25.7. The fraction of sp³-hybridized carbons (Fsp3) is 0.316. The minimum Gasteiger partial charge on any atom is -0.456 e. The molecule has 0 fully saturated rings. The van der Waals surface area contributed by atoms with Crippen LogP contribution in [0.5, 0.6) is 0 Å². The predicted molar refractivity (Wildman–Crippen MR) is 114 cm³/mol. The van der Waals surface area contributed by atoms with Crippen LogP contribution in [0.25, 0.3) is 22.2 Å². The van der Waals surface area contributed by atoms with Crippen molar-refractivity contribution in [2.45, 2.75) is 32.4 Å². The minimum atomic E-state index is -4.85. The first-order valence-corrected chi connectivity index (χ1v) is 11.5. The normalized spacial score (nSPS) is 12.0. The number of halogens is 3. The Bertz CT molecular complexity index is 1540. The van der Waals surface area contributed by atoms with E-state index in [1.165, 1.54) is 21.7 Å². The van der Waals surface area contributed by atoms with Crippen molar-refractivity contribution < 1.29 is 35.9 Å². The first-order valence-electron chi connectivity index (χ1n) is 9.80. The van der Waals surface area contributed by atoms with E-state index in [9.17, 15) is 40.8 Å². The molecule has 0 bridgehead atoms. The molecule has 0 aliphatic rings. The fourth-order valence-electron chi connectivity index (χ4n) is 3.25. The largest absolute Gasteiger partial charge is 0.456 e. The summed E-state index contributed by atoms with van der Waals surface area (Å²) >= 11 is 0. The standard InChI is InChI=1S/C19H18F3N5O7S/c1-3-27-15(4-5-23-27)11-6-12-14(7-13(11)19(20,21)22)24-18(31)26(17(12)30)9-35(32,33)25-16(29)8-34-10(2)28/h4-7H,3,8-9H2,1-2H3,(H,24,31)(H,25,29). The van der Waals surface area contributed by atoms with Crippen LogP contribution in [-0.4, -0.2) is 46.2 Å². The van der Waals surface area contributed by atoms with Crippen molar-refractivity contribution in [1.29, 1.82) is 0 Å². The summed E-state index contributed by atoms with van der Waals surface area (Å²) in [6.07, 6.45) is -3.58. The van der Waals surface area contributed by atoms with Gasteiger partial charge in [0.15, 0.2) is 12.5 Å². The Morgan fingerprint density at radius 2 is 1.91 bits per heavy atom. The predicted octanol–water partition coefficient (Wildman–Crippen LogP) is 0.559. The second-order valence-electron chi connectivity index (χ2n) is 7.19. The number of ether oxygens (including phenoxy) is 1. The van der Waals surface area contributed by atoms with Crippen molar-refractivity contribution in [3.05, 3.63) is 50.8 Å². The van der Waals surface area contributed by atoms with Gasteiger partial charge in [0.05, 0.1) is 22.2 Å². The molecule has 2 aromatic heterocycles. The summed E-state index contributed by atoms with van der Waals surface area (Å²) in [7, 11) is -4.63. The molecule has 12 nitrogen and oxygen atoms in total. The summed E-state index contributed by atoms with van der Waals surface area (Å²) in [6.45, 7) is 1.93. The number of rotatable bonds is 7. The summed E-state index contributed by atoms with van der Waals surface area (Å²) < 4.78 is 73.3. The number of nitrogens with zero attached hydrogens (tertiary/aromatic N) is 3. The van der Waals surface area contributed by atoms with Crippen LogP contribution in [-0.2, 0) is 42.9 Å². The summed E-state index contributed by atoms with van der Waals surface area (Å²) in [5.74, 6) is -3.42. The van der Waals surface area contributed by atoms with Gasteiger partial charge in [-0.15, -0.1) is 0 Å². The van der Waals surface area contributed by atoms with Crippen molar-refractivity contribution in [2.75, 3.05) is 6.61 Å². The lowest BCUT2D eigenvalue weighted by Gasteiger charge is -2.16. The molecular formula is C19H18F3N5O7S. The number of aryl methyl sites for hydroxylation is 1. The van der Waals surface area contributed by atoms with Crippen LogP contribution in [0.2, 0.25) is 0 Å². The number of fused-ring (bicyclic) bond motifs is 1. The molecule has 2 heterocycles. The molecule has 0 aliphatic carbocycles. The average Bonchev–Trinajstić information content (AvgIpc) is 3.22. The fourth-order valence-corrected chi connectivity index (χ4v) is 4.29. The van der Waals surface area contributed by atoms with Gasteiger partial charge in [0, 0.05) is 25.2 Å². The van der Waals surface area contributed by atoms with E-state index in [1.54, 1.807) is 6.92 Å². The Labute approximate surface area is 194 Å². The van der Waals surface area contributed by atoms with Crippen molar-refractivity contribution in [3.8, 4) is 11.3 Å². The van der Waals surface area contributed by atoms with Gasteiger partial charge < -0.3 is 9.72 Å². The molecule has 3 rings (SSSR count). The molecule has 3 aromatic rings. The summed E-state index contributed by atoms with van der Waals surface area (Å²) in [5, 5.41) is 3.52. The van der Waals surface area contributed by atoms with Crippen molar-refractivity contribution in [1.82, 2.24) is 24.1 Å². The van der Waals surface area contributed by atoms with E-state index in [0.717, 1.165) is 13.0 Å². The van der Waals surface area contributed by atoms with E-state index in [1.807, 2.05) is 0 Å². The Balaban J connectivity index is 2.13. The van der Waals surface area contributed by atoms with Crippen LogP contribution in [0.4, 0.5) is 13.2 Å². The summed E-state index contributed by atoms with van der Waals surface area (Å²) in [6, 6.07) is 2.79. The quantitative estimate of drug-likeness (QED) is 0.430. The van der Waals surface area contributed by atoms with Crippen LogP contribution >= 0.6 is 0 Å². The third kappa shape index (κ3) is 5.59. The van der Waals surface area contributed by atoms with E-state index in [0.29, 0.717) is 6.07 Å². The van der Waals surface area contributed by atoms with Gasteiger partial charge in [-0.25, -0.2) is 22.5 Å². The van der Waals surface area contributed by atoms with Gasteiger partial charge in [-0.2, -0.15) is 18.3 Å². The summed E-state index contributed by atoms with van der Waals surface area (Å²) in [4.78, 5) is 49.8. The first-order chi connectivity index (χ1) is 16.2. The van der Waals surface area contributed by atoms with Crippen LogP contribution in [0.3, 0.4) is 0 Å². The zero-order chi connectivity index (χ0) is 26.1. The van der Waals surface area contributed by atoms with Gasteiger partial charge in [-0.05, 0) is 25.1 Å². The van der Waals surface area contributed by atoms with E-state index in [4.69, 9.17) is 0 Å². The maximum absolute atomic E-state index is 13.8. The molecule has 0 unspecified atom stereocenters. The molecule has 2 N–H and O–H groups in total. The number of amides is 1. The number of esters is 1. The highest BCUT2D eigenvalue weighted by molar-refractivity contribution is 7.89.